The van der Waals surface area contributed by atoms with Crippen molar-refractivity contribution in [3.8, 4) is 0 Å². The number of rotatable bonds is 3. The van der Waals surface area contributed by atoms with Crippen molar-refractivity contribution >= 4 is 0 Å². The summed E-state index contributed by atoms with van der Waals surface area (Å²) < 4.78 is 77.9. The molecule has 136 valence electrons. The van der Waals surface area contributed by atoms with Crippen LogP contribution in [0.1, 0.15) is 54.8 Å². The monoisotopic (exact) mass is 355 g/mol. The van der Waals surface area contributed by atoms with Crippen molar-refractivity contribution in [2.75, 3.05) is 0 Å². The Morgan fingerprint density at radius 2 is 1.54 bits per heavy atom. The van der Waals surface area contributed by atoms with Crippen LogP contribution in [-0.4, -0.2) is 11.2 Å². The molecule has 24 heavy (non-hydrogen) atoms. The van der Waals surface area contributed by atoms with Crippen molar-refractivity contribution in [3.63, 3.8) is 0 Å². The number of aliphatic hydroxyl groups excluding tert-OH is 1. The van der Waals surface area contributed by atoms with E-state index in [1.54, 1.807) is 0 Å². The van der Waals surface area contributed by atoms with E-state index < -0.39 is 41.2 Å². The first-order valence-electron chi connectivity index (χ1n) is 7.74. The molecular weight excluding hydrogens is 336 g/mol. The molecule has 8 heteroatoms. The minimum atomic E-state index is -4.84. The summed E-state index contributed by atoms with van der Waals surface area (Å²) in [6.07, 6.45) is -7.11. The molecule has 2 atom stereocenters. The van der Waals surface area contributed by atoms with Crippen molar-refractivity contribution in [2.45, 2.75) is 56.6 Å². The molecule has 1 aromatic rings. The van der Waals surface area contributed by atoms with Crippen LogP contribution in [0.3, 0.4) is 0 Å². The largest absolute Gasteiger partial charge is 0.416 e. The molecule has 1 saturated carbocycles. The first-order valence-corrected chi connectivity index (χ1v) is 7.74. The fraction of sp³-hybridized carbons (Fsp3) is 0.625. The minimum Gasteiger partial charge on any atom is -0.391 e. The number of aliphatic hydroxyl groups is 1. The molecule has 0 saturated heterocycles. The summed E-state index contributed by atoms with van der Waals surface area (Å²) in [6, 6.07) is -0.357. The second-order valence-electron chi connectivity index (χ2n) is 6.21. The lowest BCUT2D eigenvalue weighted by atomic mass is 9.80. The van der Waals surface area contributed by atoms with Gasteiger partial charge in [-0.2, -0.15) is 26.3 Å². The van der Waals surface area contributed by atoms with Crippen LogP contribution in [-0.2, 0) is 12.4 Å². The van der Waals surface area contributed by atoms with Crippen molar-refractivity contribution < 1.29 is 31.4 Å². The molecule has 0 unspecified atom stereocenters. The number of hydrogen-bond donors (Lipinski definition) is 2. The van der Waals surface area contributed by atoms with Crippen molar-refractivity contribution in [3.05, 3.63) is 34.9 Å². The molecule has 0 aromatic heterocycles. The first kappa shape index (κ1) is 19.1. The molecule has 0 radical (unpaired) electrons. The summed E-state index contributed by atoms with van der Waals surface area (Å²) in [5.41, 5.74) is 2.60. The minimum absolute atomic E-state index is 0.302. The van der Waals surface area contributed by atoms with Crippen molar-refractivity contribution in [2.24, 2.45) is 11.7 Å². The molecule has 1 fully saturated rings. The lowest BCUT2D eigenvalue weighted by Crippen LogP contribution is -2.35. The van der Waals surface area contributed by atoms with E-state index >= 15 is 0 Å². The normalized spacial score (nSPS) is 20.0. The number of halogens is 6. The molecule has 1 aliphatic rings. The summed E-state index contributed by atoms with van der Waals surface area (Å²) in [7, 11) is 0. The van der Waals surface area contributed by atoms with Gasteiger partial charge in [0.2, 0.25) is 0 Å². The maximum atomic E-state index is 13.1. The third-order valence-electron chi connectivity index (χ3n) is 4.54. The second-order valence-corrected chi connectivity index (χ2v) is 6.21. The van der Waals surface area contributed by atoms with Gasteiger partial charge in [-0.25, -0.2) is 0 Å². The number of nitrogens with two attached hydrogens (primary N) is 1. The van der Waals surface area contributed by atoms with E-state index in [1.165, 1.54) is 0 Å². The Hall–Kier alpha value is -1.28. The molecule has 2 nitrogen and oxygen atoms in total. The van der Waals surface area contributed by atoms with Crippen molar-refractivity contribution in [1.82, 2.24) is 0 Å². The summed E-state index contributed by atoms with van der Waals surface area (Å²) in [5, 5.41) is 10.3. The van der Waals surface area contributed by atoms with Crippen LogP contribution in [0.25, 0.3) is 0 Å². The standard InChI is InChI=1S/C16H19F6NO/c17-15(18,19)10-6-7-12(16(20,21)22)11(8-10)13(23)14(24)9-4-2-1-3-5-9/h6-9,13-14,24H,1-5,23H2/t13-,14+/m0/s1. The van der Waals surface area contributed by atoms with Crippen LogP contribution in [0.4, 0.5) is 26.3 Å². The van der Waals surface area contributed by atoms with E-state index in [0.29, 0.717) is 31.0 Å². The lowest BCUT2D eigenvalue weighted by Gasteiger charge is -2.32. The zero-order chi connectivity index (χ0) is 18.1. The highest BCUT2D eigenvalue weighted by atomic mass is 19.4. The average Bonchev–Trinajstić information content (AvgIpc) is 2.52. The van der Waals surface area contributed by atoms with Crippen LogP contribution in [0.5, 0.6) is 0 Å². The predicted molar refractivity (Wildman–Crippen MR) is 76.0 cm³/mol. The molecule has 0 heterocycles. The highest BCUT2D eigenvalue weighted by molar-refractivity contribution is 5.38. The fourth-order valence-corrected chi connectivity index (χ4v) is 3.23. The highest BCUT2D eigenvalue weighted by Gasteiger charge is 2.40. The zero-order valence-electron chi connectivity index (χ0n) is 12.8. The highest BCUT2D eigenvalue weighted by Crippen LogP contribution is 2.40. The molecule has 1 aromatic carbocycles. The first-order chi connectivity index (χ1) is 11.0. The number of alkyl halides is 6. The van der Waals surface area contributed by atoms with Gasteiger partial charge in [0.25, 0.3) is 0 Å². The van der Waals surface area contributed by atoms with E-state index in [1.807, 2.05) is 0 Å². The van der Waals surface area contributed by atoms with Gasteiger partial charge in [-0.05, 0) is 42.5 Å². The van der Waals surface area contributed by atoms with Crippen LogP contribution in [0.2, 0.25) is 0 Å². The summed E-state index contributed by atoms with van der Waals surface area (Å²) in [6.45, 7) is 0. The van der Waals surface area contributed by atoms with E-state index in [0.717, 1.165) is 19.3 Å². The Morgan fingerprint density at radius 1 is 0.958 bits per heavy atom. The van der Waals surface area contributed by atoms with Crippen LogP contribution < -0.4 is 5.73 Å². The van der Waals surface area contributed by atoms with Gasteiger partial charge < -0.3 is 10.8 Å². The molecule has 0 amide bonds. The van der Waals surface area contributed by atoms with E-state index in [4.69, 9.17) is 5.73 Å². The van der Waals surface area contributed by atoms with Gasteiger partial charge in [0.1, 0.15) is 0 Å². The number of hydrogen-bond acceptors (Lipinski definition) is 2. The van der Waals surface area contributed by atoms with Crippen LogP contribution >= 0.6 is 0 Å². The summed E-state index contributed by atoms with van der Waals surface area (Å²) in [4.78, 5) is 0. The quantitative estimate of drug-likeness (QED) is 0.775. The molecule has 1 aliphatic carbocycles. The smallest absolute Gasteiger partial charge is 0.391 e. The predicted octanol–water partition coefficient (Wildman–Crippen LogP) is 4.67. The Bertz CT molecular complexity index is 563. The van der Waals surface area contributed by atoms with Gasteiger partial charge in [-0.1, -0.05) is 19.3 Å². The Labute approximate surface area is 135 Å². The maximum absolute atomic E-state index is 13.1. The molecule has 0 spiro atoms. The Balaban J connectivity index is 2.40. The maximum Gasteiger partial charge on any atom is 0.416 e. The summed E-state index contributed by atoms with van der Waals surface area (Å²) in [5.74, 6) is -0.302. The molecule has 3 N–H and O–H groups in total. The number of benzene rings is 1. The van der Waals surface area contributed by atoms with Gasteiger partial charge in [0, 0.05) is 0 Å². The van der Waals surface area contributed by atoms with Gasteiger partial charge in [-0.3, -0.25) is 0 Å². The van der Waals surface area contributed by atoms with Crippen molar-refractivity contribution in [1.29, 1.82) is 0 Å². The molecule has 0 aliphatic heterocycles. The fourth-order valence-electron chi connectivity index (χ4n) is 3.23. The topological polar surface area (TPSA) is 46.2 Å². The second kappa shape index (κ2) is 6.92. The van der Waals surface area contributed by atoms with Gasteiger partial charge in [0.15, 0.2) is 0 Å². The van der Waals surface area contributed by atoms with Crippen LogP contribution in [0, 0.1) is 5.92 Å². The third-order valence-corrected chi connectivity index (χ3v) is 4.54. The van der Waals surface area contributed by atoms with Gasteiger partial charge in [0.05, 0.1) is 23.3 Å². The SMILES string of the molecule is N[C@@H](c1cc(C(F)(F)F)ccc1C(F)(F)F)[C@H](O)C1CCCCC1. The summed E-state index contributed by atoms with van der Waals surface area (Å²) >= 11 is 0. The van der Waals surface area contributed by atoms with Gasteiger partial charge >= 0.3 is 12.4 Å². The van der Waals surface area contributed by atoms with E-state index in [2.05, 4.69) is 0 Å². The van der Waals surface area contributed by atoms with Crippen LogP contribution in [0.15, 0.2) is 18.2 Å². The molecule has 2 rings (SSSR count). The Morgan fingerprint density at radius 3 is 2.04 bits per heavy atom. The van der Waals surface area contributed by atoms with Gasteiger partial charge in [-0.15, -0.1) is 0 Å². The van der Waals surface area contributed by atoms with E-state index in [9.17, 15) is 31.4 Å². The molecule has 0 bridgehead atoms. The third kappa shape index (κ3) is 4.22. The van der Waals surface area contributed by atoms with E-state index in [-0.39, 0.29) is 5.92 Å². The lowest BCUT2D eigenvalue weighted by molar-refractivity contribution is -0.142. The molecular formula is C16H19F6NO. The average molecular weight is 355 g/mol. The Kier molecular flexibility index (Phi) is 5.49. The zero-order valence-corrected chi connectivity index (χ0v) is 12.8.